The highest BCUT2D eigenvalue weighted by atomic mass is 35.5. The summed E-state index contributed by atoms with van der Waals surface area (Å²) in [6.07, 6.45) is 1.42. The number of nitrogens with zero attached hydrogens (tertiary/aromatic N) is 1. The van der Waals surface area contributed by atoms with Crippen LogP contribution in [0.25, 0.3) is 0 Å². The van der Waals surface area contributed by atoms with Gasteiger partial charge in [-0.1, -0.05) is 11.6 Å². The molecule has 1 amide bonds. The first-order valence-corrected chi connectivity index (χ1v) is 8.87. The van der Waals surface area contributed by atoms with Gasteiger partial charge in [0.25, 0.3) is 5.91 Å². The van der Waals surface area contributed by atoms with E-state index >= 15 is 0 Å². The Bertz CT molecular complexity index is 868. The molecule has 28 heavy (non-hydrogen) atoms. The summed E-state index contributed by atoms with van der Waals surface area (Å²) in [7, 11) is 4.55. The molecule has 0 saturated heterocycles. The van der Waals surface area contributed by atoms with Gasteiger partial charge in [-0.15, -0.1) is 0 Å². The molecule has 0 fully saturated rings. The molecule has 0 spiro atoms. The molecule has 0 heterocycles. The number of ether oxygens (including phenoxy) is 4. The summed E-state index contributed by atoms with van der Waals surface area (Å²) in [6.45, 7) is 3.80. The zero-order chi connectivity index (χ0) is 20.7. The maximum Gasteiger partial charge on any atom is 0.271 e. The van der Waals surface area contributed by atoms with E-state index in [2.05, 4.69) is 10.5 Å². The molecule has 0 aliphatic rings. The fourth-order valence-corrected chi connectivity index (χ4v) is 2.64. The van der Waals surface area contributed by atoms with E-state index in [1.165, 1.54) is 27.5 Å². The molecule has 0 aliphatic heterocycles. The summed E-state index contributed by atoms with van der Waals surface area (Å²) < 4.78 is 21.3. The van der Waals surface area contributed by atoms with Crippen LogP contribution in [0.3, 0.4) is 0 Å². The fourth-order valence-electron chi connectivity index (χ4n) is 2.37. The van der Waals surface area contributed by atoms with Crippen molar-refractivity contribution in [2.24, 2.45) is 5.10 Å². The lowest BCUT2D eigenvalue weighted by molar-refractivity contribution is 0.0954. The molecule has 8 heteroatoms. The highest BCUT2D eigenvalue weighted by Gasteiger charge is 2.13. The first kappa shape index (κ1) is 21.4. The number of nitrogens with one attached hydrogen (secondary N) is 1. The molecule has 2 aromatic carbocycles. The summed E-state index contributed by atoms with van der Waals surface area (Å²) >= 11 is 6.28. The quantitative estimate of drug-likeness (QED) is 0.531. The monoisotopic (exact) mass is 406 g/mol. The number of amides is 1. The number of hydrazone groups is 1. The first-order valence-electron chi connectivity index (χ1n) is 8.49. The van der Waals surface area contributed by atoms with Crippen molar-refractivity contribution in [3.8, 4) is 23.0 Å². The molecule has 0 radical (unpaired) electrons. The van der Waals surface area contributed by atoms with E-state index < -0.39 is 5.91 Å². The minimum atomic E-state index is -0.393. The Hall–Kier alpha value is -2.93. The van der Waals surface area contributed by atoms with Gasteiger partial charge in [0.15, 0.2) is 23.0 Å². The maximum atomic E-state index is 12.3. The van der Waals surface area contributed by atoms with E-state index in [0.717, 1.165) is 0 Å². The maximum absolute atomic E-state index is 12.3. The van der Waals surface area contributed by atoms with Crippen molar-refractivity contribution >= 4 is 23.7 Å². The fraction of sp³-hybridized carbons (Fsp3) is 0.300. The van der Waals surface area contributed by atoms with Crippen molar-refractivity contribution < 1.29 is 23.7 Å². The Labute approximate surface area is 169 Å². The van der Waals surface area contributed by atoms with Crippen LogP contribution in [0, 0.1) is 0 Å². The van der Waals surface area contributed by atoms with Crippen LogP contribution < -0.4 is 24.4 Å². The number of methoxy groups -OCH3 is 3. The Balaban J connectivity index is 2.14. The van der Waals surface area contributed by atoms with E-state index in [1.807, 2.05) is 13.8 Å². The number of carbonyl (C=O) groups is 1. The van der Waals surface area contributed by atoms with Gasteiger partial charge in [-0.05, 0) is 49.7 Å². The molecule has 7 nitrogen and oxygen atoms in total. The van der Waals surface area contributed by atoms with Gasteiger partial charge in [-0.3, -0.25) is 4.79 Å². The van der Waals surface area contributed by atoms with Gasteiger partial charge in [-0.25, -0.2) is 5.43 Å². The topological polar surface area (TPSA) is 78.4 Å². The summed E-state index contributed by atoms with van der Waals surface area (Å²) in [4.78, 5) is 12.3. The molecule has 0 atom stereocenters. The number of halogens is 1. The molecular weight excluding hydrogens is 384 g/mol. The van der Waals surface area contributed by atoms with E-state index in [4.69, 9.17) is 30.5 Å². The van der Waals surface area contributed by atoms with Crippen molar-refractivity contribution in [1.82, 2.24) is 5.43 Å². The zero-order valence-corrected chi connectivity index (χ0v) is 17.2. The van der Waals surface area contributed by atoms with Crippen molar-refractivity contribution in [3.05, 3.63) is 46.5 Å². The SMILES string of the molecule is COc1ccc(C(=O)N/N=C\c2cc(Cl)c(OC(C)C)c(OC)c2)cc1OC. The molecule has 1 N–H and O–H groups in total. The minimum absolute atomic E-state index is 0.0494. The van der Waals surface area contributed by atoms with Crippen molar-refractivity contribution in [2.75, 3.05) is 21.3 Å². The van der Waals surface area contributed by atoms with Crippen LogP contribution in [0.5, 0.6) is 23.0 Å². The van der Waals surface area contributed by atoms with Gasteiger partial charge >= 0.3 is 0 Å². The van der Waals surface area contributed by atoms with Gasteiger partial charge in [-0.2, -0.15) is 5.10 Å². The van der Waals surface area contributed by atoms with Gasteiger partial charge in [0.05, 0.1) is 38.7 Å². The van der Waals surface area contributed by atoms with Crippen LogP contribution in [-0.4, -0.2) is 39.6 Å². The zero-order valence-electron chi connectivity index (χ0n) is 16.4. The largest absolute Gasteiger partial charge is 0.493 e. The van der Waals surface area contributed by atoms with Gasteiger partial charge in [0, 0.05) is 5.56 Å². The third kappa shape index (κ3) is 5.29. The molecule has 0 aromatic heterocycles. The first-order chi connectivity index (χ1) is 13.4. The number of hydrogen-bond acceptors (Lipinski definition) is 6. The predicted molar refractivity (Wildman–Crippen MR) is 108 cm³/mol. The normalized spacial score (nSPS) is 10.8. The summed E-state index contributed by atoms with van der Waals surface area (Å²) in [5.74, 6) is 1.54. The standard InChI is InChI=1S/C20H23ClN2O5/c1-12(2)28-19-15(21)8-13(9-18(19)27-5)11-22-23-20(24)14-6-7-16(25-3)17(10-14)26-4/h6-12H,1-5H3,(H,23,24)/b22-11-. The highest BCUT2D eigenvalue weighted by Crippen LogP contribution is 2.36. The number of carbonyl (C=O) groups excluding carboxylic acids is 1. The third-order valence-electron chi connectivity index (χ3n) is 3.63. The van der Waals surface area contributed by atoms with Gasteiger partial charge in [0.1, 0.15) is 0 Å². The van der Waals surface area contributed by atoms with Crippen LogP contribution in [0.15, 0.2) is 35.4 Å². The van der Waals surface area contributed by atoms with Crippen molar-refractivity contribution in [3.63, 3.8) is 0 Å². The van der Waals surface area contributed by atoms with Crippen molar-refractivity contribution in [1.29, 1.82) is 0 Å². The molecular formula is C20H23ClN2O5. The second kappa shape index (κ2) is 9.85. The number of rotatable bonds is 8. The molecule has 2 aromatic rings. The second-order valence-electron chi connectivity index (χ2n) is 5.97. The number of hydrogen-bond donors (Lipinski definition) is 1. The van der Waals surface area contributed by atoms with Crippen LogP contribution >= 0.6 is 11.6 Å². The molecule has 0 bridgehead atoms. The van der Waals surface area contributed by atoms with E-state index in [-0.39, 0.29) is 6.10 Å². The van der Waals surface area contributed by atoms with Crippen LogP contribution in [0.4, 0.5) is 0 Å². The second-order valence-corrected chi connectivity index (χ2v) is 6.38. The van der Waals surface area contributed by atoms with Crippen LogP contribution in [0.1, 0.15) is 29.8 Å². The Morgan fingerprint density at radius 2 is 1.71 bits per heavy atom. The lowest BCUT2D eigenvalue weighted by Crippen LogP contribution is -2.17. The smallest absolute Gasteiger partial charge is 0.271 e. The highest BCUT2D eigenvalue weighted by molar-refractivity contribution is 6.32. The summed E-state index contributed by atoms with van der Waals surface area (Å²) in [5, 5.41) is 4.36. The Morgan fingerprint density at radius 1 is 1.04 bits per heavy atom. The molecule has 2 rings (SSSR count). The molecule has 150 valence electrons. The number of benzene rings is 2. The van der Waals surface area contributed by atoms with Crippen LogP contribution in [-0.2, 0) is 0 Å². The average molecular weight is 407 g/mol. The van der Waals surface area contributed by atoms with E-state index in [9.17, 15) is 4.79 Å². The van der Waals surface area contributed by atoms with Gasteiger partial charge in [0.2, 0.25) is 0 Å². The molecule has 0 saturated carbocycles. The Morgan fingerprint density at radius 3 is 2.32 bits per heavy atom. The summed E-state index contributed by atoms with van der Waals surface area (Å²) in [6, 6.07) is 8.23. The molecule has 0 unspecified atom stereocenters. The lowest BCUT2D eigenvalue weighted by atomic mass is 10.2. The molecule has 0 aliphatic carbocycles. The van der Waals surface area contributed by atoms with Gasteiger partial charge < -0.3 is 18.9 Å². The van der Waals surface area contributed by atoms with E-state index in [1.54, 1.807) is 30.3 Å². The average Bonchev–Trinajstić information content (AvgIpc) is 2.68. The predicted octanol–water partition coefficient (Wildman–Crippen LogP) is 3.92. The van der Waals surface area contributed by atoms with Crippen LogP contribution in [0.2, 0.25) is 5.02 Å². The Kier molecular flexibility index (Phi) is 7.52. The third-order valence-corrected chi connectivity index (χ3v) is 3.91. The minimum Gasteiger partial charge on any atom is -0.493 e. The summed E-state index contributed by atoms with van der Waals surface area (Å²) in [5.41, 5.74) is 3.48. The van der Waals surface area contributed by atoms with E-state index in [0.29, 0.717) is 39.1 Å². The van der Waals surface area contributed by atoms with Crippen molar-refractivity contribution in [2.45, 2.75) is 20.0 Å². The lowest BCUT2D eigenvalue weighted by Gasteiger charge is -2.15.